The van der Waals surface area contributed by atoms with E-state index in [-0.39, 0.29) is 16.3 Å². The maximum absolute atomic E-state index is 13.3. The predicted octanol–water partition coefficient (Wildman–Crippen LogP) is 2.68. The Morgan fingerprint density at radius 3 is 2.67 bits per heavy atom. The number of carboxylic acids is 1. The molecule has 1 atom stereocenters. The van der Waals surface area contributed by atoms with Crippen LogP contribution in [0.5, 0.6) is 5.75 Å². The molecule has 82 valence electrons. The summed E-state index contributed by atoms with van der Waals surface area (Å²) in [6, 6.07) is 2.47. The third-order valence-corrected chi connectivity index (χ3v) is 2.30. The van der Waals surface area contributed by atoms with Crippen LogP contribution in [0.15, 0.2) is 12.1 Å². The van der Waals surface area contributed by atoms with Gasteiger partial charge >= 0.3 is 5.97 Å². The first-order chi connectivity index (χ1) is 6.97. The summed E-state index contributed by atoms with van der Waals surface area (Å²) in [5, 5.41) is 8.97. The summed E-state index contributed by atoms with van der Waals surface area (Å²) in [4.78, 5) is 10.8. The molecule has 1 rings (SSSR count). The van der Waals surface area contributed by atoms with Gasteiger partial charge < -0.3 is 9.84 Å². The number of methoxy groups -OCH3 is 1. The fourth-order valence-electron chi connectivity index (χ4n) is 1.25. The van der Waals surface area contributed by atoms with Crippen LogP contribution in [0, 0.1) is 5.82 Å². The Morgan fingerprint density at radius 1 is 1.60 bits per heavy atom. The zero-order valence-corrected chi connectivity index (χ0v) is 9.01. The summed E-state index contributed by atoms with van der Waals surface area (Å²) >= 11 is 5.64. The quantitative estimate of drug-likeness (QED) is 0.872. The van der Waals surface area contributed by atoms with E-state index in [1.165, 1.54) is 20.1 Å². The van der Waals surface area contributed by atoms with E-state index in [0.29, 0.717) is 0 Å². The van der Waals surface area contributed by atoms with Crippen molar-refractivity contribution in [1.29, 1.82) is 0 Å². The summed E-state index contributed by atoms with van der Waals surface area (Å²) in [5.41, 5.74) is 0.231. The van der Waals surface area contributed by atoms with Crippen molar-refractivity contribution in [3.63, 3.8) is 0 Å². The van der Waals surface area contributed by atoms with Gasteiger partial charge in [-0.1, -0.05) is 11.6 Å². The highest BCUT2D eigenvalue weighted by molar-refractivity contribution is 6.30. The van der Waals surface area contributed by atoms with Crippen LogP contribution in [0.25, 0.3) is 0 Å². The number of rotatable bonds is 3. The number of carboxylic acid groups (broad SMARTS) is 1. The highest BCUT2D eigenvalue weighted by Gasteiger charge is 2.21. The molecule has 1 aromatic carbocycles. The molecular formula is C10H10ClFO3. The molecule has 0 heterocycles. The summed E-state index contributed by atoms with van der Waals surface area (Å²) in [7, 11) is 1.28. The summed E-state index contributed by atoms with van der Waals surface area (Å²) in [6.07, 6.45) is 0. The predicted molar refractivity (Wildman–Crippen MR) is 54.0 cm³/mol. The van der Waals surface area contributed by atoms with Crippen molar-refractivity contribution in [3.8, 4) is 5.75 Å². The van der Waals surface area contributed by atoms with E-state index in [4.69, 9.17) is 21.4 Å². The molecule has 0 saturated heterocycles. The number of hydrogen-bond acceptors (Lipinski definition) is 2. The maximum Gasteiger partial charge on any atom is 0.310 e. The lowest BCUT2D eigenvalue weighted by Crippen LogP contribution is -2.09. The second-order valence-corrected chi connectivity index (χ2v) is 3.51. The molecule has 15 heavy (non-hydrogen) atoms. The molecule has 0 fully saturated rings. The Bertz CT molecular complexity index is 392. The van der Waals surface area contributed by atoms with Gasteiger partial charge in [0.15, 0.2) is 11.6 Å². The first kappa shape index (κ1) is 11.8. The Balaban J connectivity index is 3.32. The van der Waals surface area contributed by atoms with Crippen LogP contribution in [-0.4, -0.2) is 18.2 Å². The second-order valence-electron chi connectivity index (χ2n) is 3.07. The lowest BCUT2D eigenvalue weighted by molar-refractivity contribution is -0.138. The van der Waals surface area contributed by atoms with Gasteiger partial charge in [-0.25, -0.2) is 4.39 Å². The Labute approximate surface area is 91.4 Å². The molecule has 1 aromatic rings. The molecule has 0 aliphatic rings. The summed E-state index contributed by atoms with van der Waals surface area (Å²) < 4.78 is 18.1. The first-order valence-corrected chi connectivity index (χ1v) is 4.61. The van der Waals surface area contributed by atoms with Gasteiger partial charge in [0.1, 0.15) is 0 Å². The van der Waals surface area contributed by atoms with E-state index in [0.717, 1.165) is 6.07 Å². The Kier molecular flexibility index (Phi) is 3.52. The molecule has 0 aliphatic heterocycles. The maximum atomic E-state index is 13.3. The van der Waals surface area contributed by atoms with Crippen molar-refractivity contribution in [1.82, 2.24) is 0 Å². The molecule has 0 bridgehead atoms. The zero-order chi connectivity index (χ0) is 11.6. The van der Waals surface area contributed by atoms with E-state index in [1.807, 2.05) is 0 Å². The largest absolute Gasteiger partial charge is 0.493 e. The minimum Gasteiger partial charge on any atom is -0.493 e. The van der Waals surface area contributed by atoms with E-state index in [1.54, 1.807) is 0 Å². The van der Waals surface area contributed by atoms with Crippen molar-refractivity contribution in [2.24, 2.45) is 0 Å². The molecule has 0 saturated carbocycles. The fraction of sp³-hybridized carbons (Fsp3) is 0.300. The Morgan fingerprint density at radius 2 is 2.20 bits per heavy atom. The van der Waals surface area contributed by atoms with Gasteiger partial charge in [-0.2, -0.15) is 0 Å². The monoisotopic (exact) mass is 232 g/mol. The highest BCUT2D eigenvalue weighted by atomic mass is 35.5. The number of carbonyl (C=O) groups is 1. The molecule has 1 N–H and O–H groups in total. The van der Waals surface area contributed by atoms with Crippen LogP contribution in [-0.2, 0) is 4.79 Å². The third-order valence-electron chi connectivity index (χ3n) is 2.08. The molecule has 0 radical (unpaired) electrons. The van der Waals surface area contributed by atoms with Crippen LogP contribution in [0.1, 0.15) is 18.4 Å². The molecule has 0 aromatic heterocycles. The molecule has 0 spiro atoms. The number of halogens is 2. The Hall–Kier alpha value is -1.29. The van der Waals surface area contributed by atoms with Crippen LogP contribution in [0.4, 0.5) is 4.39 Å². The lowest BCUT2D eigenvalue weighted by Gasteiger charge is -2.13. The van der Waals surface area contributed by atoms with Crippen molar-refractivity contribution >= 4 is 17.6 Å². The van der Waals surface area contributed by atoms with Crippen molar-refractivity contribution < 1.29 is 19.0 Å². The van der Waals surface area contributed by atoms with Gasteiger partial charge in [0.25, 0.3) is 0 Å². The van der Waals surface area contributed by atoms with Gasteiger partial charge in [0, 0.05) is 10.6 Å². The van der Waals surface area contributed by atoms with Crippen molar-refractivity contribution in [2.75, 3.05) is 7.11 Å². The number of hydrogen-bond donors (Lipinski definition) is 1. The standard InChI is InChI=1S/C10H10ClFO3/c1-5(10(13)14)7-3-6(11)4-8(12)9(7)15-2/h3-5H,1-2H3,(H,13,14). The average Bonchev–Trinajstić information content (AvgIpc) is 2.15. The van der Waals surface area contributed by atoms with Crippen LogP contribution in [0.3, 0.4) is 0 Å². The van der Waals surface area contributed by atoms with Gasteiger partial charge in [0.2, 0.25) is 0 Å². The van der Waals surface area contributed by atoms with Gasteiger partial charge in [0.05, 0.1) is 13.0 Å². The molecule has 3 nitrogen and oxygen atoms in total. The zero-order valence-electron chi connectivity index (χ0n) is 8.25. The average molecular weight is 233 g/mol. The van der Waals surface area contributed by atoms with Crippen LogP contribution >= 0.6 is 11.6 Å². The summed E-state index contributed by atoms with van der Waals surface area (Å²) in [5.74, 6) is -2.66. The van der Waals surface area contributed by atoms with E-state index in [2.05, 4.69) is 0 Å². The van der Waals surface area contributed by atoms with Crippen LogP contribution < -0.4 is 4.74 Å². The molecule has 0 amide bonds. The molecule has 1 unspecified atom stereocenters. The molecule has 5 heteroatoms. The van der Waals surface area contributed by atoms with Crippen molar-refractivity contribution in [3.05, 3.63) is 28.5 Å². The second kappa shape index (κ2) is 4.49. The smallest absolute Gasteiger partial charge is 0.310 e. The minimum absolute atomic E-state index is 0.0747. The van der Waals surface area contributed by atoms with Gasteiger partial charge in [-0.05, 0) is 19.1 Å². The highest BCUT2D eigenvalue weighted by Crippen LogP contribution is 2.32. The number of benzene rings is 1. The third kappa shape index (κ3) is 2.39. The topological polar surface area (TPSA) is 46.5 Å². The summed E-state index contributed by atoms with van der Waals surface area (Å²) in [6.45, 7) is 1.44. The minimum atomic E-state index is -1.06. The normalized spacial score (nSPS) is 12.3. The van der Waals surface area contributed by atoms with E-state index < -0.39 is 17.7 Å². The van der Waals surface area contributed by atoms with Gasteiger partial charge in [-0.3, -0.25) is 4.79 Å². The first-order valence-electron chi connectivity index (χ1n) is 4.23. The fourth-order valence-corrected chi connectivity index (χ4v) is 1.46. The van der Waals surface area contributed by atoms with E-state index >= 15 is 0 Å². The number of aliphatic carboxylic acids is 1. The number of ether oxygens (including phenoxy) is 1. The van der Waals surface area contributed by atoms with Gasteiger partial charge in [-0.15, -0.1) is 0 Å². The van der Waals surface area contributed by atoms with Crippen molar-refractivity contribution in [2.45, 2.75) is 12.8 Å². The van der Waals surface area contributed by atoms with E-state index in [9.17, 15) is 9.18 Å². The molecular weight excluding hydrogens is 223 g/mol. The lowest BCUT2D eigenvalue weighted by atomic mass is 10.00. The van der Waals surface area contributed by atoms with Crippen LogP contribution in [0.2, 0.25) is 5.02 Å². The molecule has 0 aliphatic carbocycles. The SMILES string of the molecule is COc1c(F)cc(Cl)cc1C(C)C(=O)O.